The van der Waals surface area contributed by atoms with Crippen LogP contribution in [-0.4, -0.2) is 28.1 Å². The Kier molecular flexibility index (Phi) is 3.04. The molecule has 3 aromatic rings. The van der Waals surface area contributed by atoms with Gasteiger partial charge in [-0.05, 0) is 30.3 Å². The third-order valence-corrected chi connectivity index (χ3v) is 3.72. The molecular formula is C16H16N6O. The normalized spacial score (nSPS) is 13.0. The molecule has 3 heterocycles. The number of rotatable bonds is 2. The minimum Gasteiger partial charge on any atom is -0.490 e. The summed E-state index contributed by atoms with van der Waals surface area (Å²) in [6.45, 7) is 1.45. The van der Waals surface area contributed by atoms with Gasteiger partial charge in [-0.3, -0.25) is 0 Å². The Labute approximate surface area is 132 Å². The Hall–Kier alpha value is -3.22. The first-order valence-electron chi connectivity index (χ1n) is 7.29. The van der Waals surface area contributed by atoms with Crippen LogP contribution in [0.3, 0.4) is 0 Å². The molecule has 116 valence electrons. The number of nitrogens with one attached hydrogen (secondary N) is 2. The van der Waals surface area contributed by atoms with Gasteiger partial charge in [-0.25, -0.2) is 9.97 Å². The maximum Gasteiger partial charge on any atom is 0.198 e. The number of hydrogen-bond acceptors (Lipinski definition) is 6. The van der Waals surface area contributed by atoms with Crippen molar-refractivity contribution in [3.63, 3.8) is 0 Å². The van der Waals surface area contributed by atoms with Gasteiger partial charge in [-0.2, -0.15) is 0 Å². The highest BCUT2D eigenvalue weighted by molar-refractivity contribution is 5.82. The van der Waals surface area contributed by atoms with Gasteiger partial charge in [0.2, 0.25) is 0 Å². The van der Waals surface area contributed by atoms with E-state index in [0.717, 1.165) is 40.5 Å². The number of nitrogens with two attached hydrogens (primary N) is 2. The van der Waals surface area contributed by atoms with E-state index in [9.17, 15) is 0 Å². The Balaban J connectivity index is 1.83. The molecule has 7 heteroatoms. The number of anilines is 3. The number of benzene rings is 1. The van der Waals surface area contributed by atoms with E-state index in [-0.39, 0.29) is 0 Å². The van der Waals surface area contributed by atoms with Gasteiger partial charge in [0, 0.05) is 23.9 Å². The average molecular weight is 308 g/mol. The lowest BCUT2D eigenvalue weighted by molar-refractivity contribution is 0.323. The molecule has 2 aromatic heterocycles. The fourth-order valence-corrected chi connectivity index (χ4v) is 2.70. The third-order valence-electron chi connectivity index (χ3n) is 3.72. The summed E-state index contributed by atoms with van der Waals surface area (Å²) < 4.78 is 5.61. The quantitative estimate of drug-likeness (QED) is 0.576. The lowest BCUT2D eigenvalue weighted by Gasteiger charge is -2.19. The van der Waals surface area contributed by atoms with Gasteiger partial charge in [-0.15, -0.1) is 0 Å². The molecule has 1 aliphatic rings. The smallest absolute Gasteiger partial charge is 0.198 e. The van der Waals surface area contributed by atoms with Crippen LogP contribution in [0.4, 0.5) is 17.5 Å². The molecule has 0 aliphatic carbocycles. The van der Waals surface area contributed by atoms with Crippen molar-refractivity contribution in [3.05, 3.63) is 36.5 Å². The molecule has 1 aromatic carbocycles. The van der Waals surface area contributed by atoms with Crippen molar-refractivity contribution in [2.24, 2.45) is 0 Å². The summed E-state index contributed by atoms with van der Waals surface area (Å²) in [5.74, 6) is 1.65. The highest BCUT2D eigenvalue weighted by Crippen LogP contribution is 2.36. The fourth-order valence-electron chi connectivity index (χ4n) is 2.70. The number of fused-ring (bicyclic) bond motifs is 1. The van der Waals surface area contributed by atoms with Crippen molar-refractivity contribution in [1.82, 2.24) is 15.0 Å². The summed E-state index contributed by atoms with van der Waals surface area (Å²) in [6.07, 6.45) is 1.66. The highest BCUT2D eigenvalue weighted by atomic mass is 16.5. The van der Waals surface area contributed by atoms with Gasteiger partial charge in [0.1, 0.15) is 18.2 Å². The van der Waals surface area contributed by atoms with Crippen LogP contribution in [0.1, 0.15) is 0 Å². The maximum absolute atomic E-state index is 5.88. The summed E-state index contributed by atoms with van der Waals surface area (Å²) >= 11 is 0. The molecular weight excluding hydrogens is 292 g/mol. The topological polar surface area (TPSA) is 115 Å². The van der Waals surface area contributed by atoms with Crippen LogP contribution in [0.2, 0.25) is 0 Å². The molecule has 0 saturated carbocycles. The Morgan fingerprint density at radius 2 is 2.00 bits per heavy atom. The van der Waals surface area contributed by atoms with Crippen LogP contribution in [0, 0.1) is 0 Å². The van der Waals surface area contributed by atoms with E-state index < -0.39 is 0 Å². The highest BCUT2D eigenvalue weighted by Gasteiger charge is 2.16. The van der Waals surface area contributed by atoms with Gasteiger partial charge in [0.05, 0.1) is 17.1 Å². The van der Waals surface area contributed by atoms with Crippen molar-refractivity contribution >= 4 is 17.5 Å². The van der Waals surface area contributed by atoms with E-state index in [4.69, 9.17) is 16.2 Å². The molecule has 0 unspecified atom stereocenters. The fraction of sp³-hybridized carbons (Fsp3) is 0.125. The molecule has 0 atom stereocenters. The molecule has 6 N–H and O–H groups in total. The molecule has 0 amide bonds. The number of ether oxygens (including phenoxy) is 1. The second kappa shape index (κ2) is 5.20. The lowest BCUT2D eigenvalue weighted by Crippen LogP contribution is -2.17. The molecule has 0 saturated heterocycles. The van der Waals surface area contributed by atoms with Gasteiger partial charge in [-0.1, -0.05) is 0 Å². The number of H-pyrrole nitrogens is 1. The lowest BCUT2D eigenvalue weighted by atomic mass is 10.0. The van der Waals surface area contributed by atoms with Crippen molar-refractivity contribution in [1.29, 1.82) is 0 Å². The zero-order chi connectivity index (χ0) is 15.8. The standard InChI is InChI=1S/C16H16N6O/c17-13-8-10(3-4-20-13)15-14(21-16(18)22-15)9-1-2-12-11(7-9)19-5-6-23-12/h1-4,7-8,19H,5-6H2,(H2,17,20)(H3,18,21,22). The molecule has 0 radical (unpaired) electrons. The van der Waals surface area contributed by atoms with Gasteiger partial charge < -0.3 is 26.5 Å². The summed E-state index contributed by atoms with van der Waals surface area (Å²) in [4.78, 5) is 11.5. The summed E-state index contributed by atoms with van der Waals surface area (Å²) in [5.41, 5.74) is 16.0. The van der Waals surface area contributed by atoms with Gasteiger partial charge in [0.15, 0.2) is 5.95 Å². The van der Waals surface area contributed by atoms with Crippen LogP contribution < -0.4 is 21.5 Å². The molecule has 0 bridgehead atoms. The van der Waals surface area contributed by atoms with Crippen molar-refractivity contribution in [3.8, 4) is 28.3 Å². The van der Waals surface area contributed by atoms with Crippen molar-refractivity contribution in [2.45, 2.75) is 0 Å². The van der Waals surface area contributed by atoms with Crippen molar-refractivity contribution < 1.29 is 4.74 Å². The minimum atomic E-state index is 0.354. The maximum atomic E-state index is 5.88. The van der Waals surface area contributed by atoms with E-state index in [1.165, 1.54) is 0 Å². The SMILES string of the molecule is Nc1cc(-c2[nH]c(N)nc2-c2ccc3c(c2)NCCO3)ccn1. The van der Waals surface area contributed by atoms with Crippen molar-refractivity contribution in [2.75, 3.05) is 29.9 Å². The van der Waals surface area contributed by atoms with Crippen LogP contribution in [-0.2, 0) is 0 Å². The number of hydrogen-bond donors (Lipinski definition) is 4. The zero-order valence-corrected chi connectivity index (χ0v) is 12.3. The number of aromatic nitrogens is 3. The average Bonchev–Trinajstić information content (AvgIpc) is 2.96. The number of pyridine rings is 1. The largest absolute Gasteiger partial charge is 0.490 e. The summed E-state index contributed by atoms with van der Waals surface area (Å²) in [5, 5.41) is 3.32. The number of nitrogens with zero attached hydrogens (tertiary/aromatic N) is 2. The van der Waals surface area contributed by atoms with Crippen LogP contribution in [0.25, 0.3) is 22.5 Å². The molecule has 4 rings (SSSR count). The van der Waals surface area contributed by atoms with E-state index in [1.807, 2.05) is 24.3 Å². The van der Waals surface area contributed by atoms with E-state index >= 15 is 0 Å². The molecule has 1 aliphatic heterocycles. The van der Waals surface area contributed by atoms with Crippen LogP contribution >= 0.6 is 0 Å². The third kappa shape index (κ3) is 2.42. The molecule has 0 spiro atoms. The molecule has 23 heavy (non-hydrogen) atoms. The second-order valence-corrected chi connectivity index (χ2v) is 5.30. The molecule has 0 fully saturated rings. The summed E-state index contributed by atoms with van der Waals surface area (Å²) in [6, 6.07) is 9.57. The Bertz CT molecular complexity index is 873. The monoisotopic (exact) mass is 308 g/mol. The number of imidazole rings is 1. The predicted molar refractivity (Wildman–Crippen MR) is 90.1 cm³/mol. The van der Waals surface area contributed by atoms with Gasteiger partial charge in [0.25, 0.3) is 0 Å². The van der Waals surface area contributed by atoms with E-state index in [1.54, 1.807) is 12.3 Å². The Morgan fingerprint density at radius 1 is 1.09 bits per heavy atom. The second-order valence-electron chi connectivity index (χ2n) is 5.30. The first kappa shape index (κ1) is 13.4. The van der Waals surface area contributed by atoms with E-state index in [0.29, 0.717) is 18.4 Å². The van der Waals surface area contributed by atoms with Gasteiger partial charge >= 0.3 is 0 Å². The first-order valence-corrected chi connectivity index (χ1v) is 7.29. The zero-order valence-electron chi connectivity index (χ0n) is 12.3. The van der Waals surface area contributed by atoms with Crippen LogP contribution in [0.15, 0.2) is 36.5 Å². The number of aromatic amines is 1. The molecule has 7 nitrogen and oxygen atoms in total. The first-order chi connectivity index (χ1) is 11.2. The summed E-state index contributed by atoms with van der Waals surface area (Å²) in [7, 11) is 0. The number of nitrogen functional groups attached to an aromatic ring is 2. The predicted octanol–water partition coefficient (Wildman–Crippen LogP) is 2.11. The van der Waals surface area contributed by atoms with Crippen LogP contribution in [0.5, 0.6) is 5.75 Å². The minimum absolute atomic E-state index is 0.354. The Morgan fingerprint density at radius 3 is 2.87 bits per heavy atom. The van der Waals surface area contributed by atoms with E-state index in [2.05, 4.69) is 20.3 Å².